The minimum Gasteiger partial charge on any atom is -0.396 e. The van der Waals surface area contributed by atoms with Gasteiger partial charge < -0.3 is 16.2 Å². The van der Waals surface area contributed by atoms with Crippen molar-refractivity contribution in [1.82, 2.24) is 0 Å². The van der Waals surface area contributed by atoms with Crippen LogP contribution in [-0.2, 0) is 12.8 Å². The van der Waals surface area contributed by atoms with Gasteiger partial charge in [-0.1, -0.05) is 19.9 Å². The van der Waals surface area contributed by atoms with Crippen LogP contribution in [-0.4, -0.2) is 24.2 Å². The molecule has 1 aromatic carbocycles. The van der Waals surface area contributed by atoms with E-state index in [2.05, 4.69) is 42.4 Å². The Morgan fingerprint density at radius 3 is 2.68 bits per heavy atom. The lowest BCUT2D eigenvalue weighted by atomic mass is 9.79. The van der Waals surface area contributed by atoms with Gasteiger partial charge in [-0.2, -0.15) is 0 Å². The molecule has 0 bridgehead atoms. The van der Waals surface area contributed by atoms with Crippen LogP contribution in [0.4, 0.5) is 5.69 Å². The van der Waals surface area contributed by atoms with Crippen molar-refractivity contribution in [2.75, 3.05) is 18.5 Å². The van der Waals surface area contributed by atoms with Crippen LogP contribution < -0.4 is 11.1 Å². The van der Waals surface area contributed by atoms with Gasteiger partial charge in [0, 0.05) is 18.8 Å². The topological polar surface area (TPSA) is 70.6 Å². The number of nitrogens with two attached hydrogens (primary N) is 1. The van der Waals surface area contributed by atoms with Crippen molar-refractivity contribution < 1.29 is 5.11 Å². The lowest BCUT2D eigenvalue weighted by Crippen LogP contribution is -2.29. The van der Waals surface area contributed by atoms with Crippen molar-refractivity contribution >= 4 is 11.6 Å². The first-order valence-corrected chi connectivity index (χ1v) is 8.42. The van der Waals surface area contributed by atoms with Gasteiger partial charge in [0.05, 0.1) is 0 Å². The first kappa shape index (κ1) is 16.8. The molecule has 1 aliphatic carbocycles. The Bertz CT molecular complexity index is 521. The molecule has 122 valence electrons. The Morgan fingerprint density at radius 2 is 2.00 bits per heavy atom. The second-order valence-electron chi connectivity index (χ2n) is 6.34. The Balaban J connectivity index is 2.00. The van der Waals surface area contributed by atoms with Crippen LogP contribution in [0.1, 0.15) is 50.7 Å². The number of hydrogen-bond acceptors (Lipinski definition) is 2. The van der Waals surface area contributed by atoms with E-state index in [1.165, 1.54) is 24.0 Å². The van der Waals surface area contributed by atoms with Crippen LogP contribution in [0.5, 0.6) is 0 Å². The van der Waals surface area contributed by atoms with E-state index < -0.39 is 0 Å². The van der Waals surface area contributed by atoms with Crippen LogP contribution >= 0.6 is 0 Å². The third kappa shape index (κ3) is 4.01. The summed E-state index contributed by atoms with van der Waals surface area (Å²) < 4.78 is 0. The number of aryl methyl sites for hydroxylation is 2. The molecule has 0 saturated carbocycles. The first-order valence-electron chi connectivity index (χ1n) is 8.42. The molecule has 2 rings (SSSR count). The van der Waals surface area contributed by atoms with E-state index in [4.69, 9.17) is 5.73 Å². The third-order valence-electron chi connectivity index (χ3n) is 5.10. The van der Waals surface area contributed by atoms with Gasteiger partial charge in [-0.05, 0) is 67.2 Å². The number of nitrogens with zero attached hydrogens (tertiary/aromatic N) is 1. The molecular formula is C18H29N3O. The Kier molecular flexibility index (Phi) is 5.83. The molecule has 1 aliphatic rings. The summed E-state index contributed by atoms with van der Waals surface area (Å²) in [6, 6.07) is 6.45. The zero-order valence-corrected chi connectivity index (χ0v) is 13.9. The highest BCUT2D eigenvalue weighted by molar-refractivity contribution is 5.92. The number of aliphatic hydroxyl groups is 1. The maximum Gasteiger partial charge on any atom is 0.193 e. The standard InChI is InChI=1S/C18H29N3O/c1-3-18(4-2,10-11-22)13-20-17(19)21-16-9-8-14-6-5-7-15(14)12-16/h8-9,12,22H,3-7,10-11,13H2,1-2H3,(H3,19,20,21). The molecule has 4 nitrogen and oxygen atoms in total. The lowest BCUT2D eigenvalue weighted by Gasteiger charge is -2.29. The molecule has 0 amide bonds. The summed E-state index contributed by atoms with van der Waals surface area (Å²) in [5.74, 6) is 0.460. The van der Waals surface area contributed by atoms with Gasteiger partial charge in [-0.25, -0.2) is 0 Å². The fourth-order valence-electron chi connectivity index (χ4n) is 3.23. The summed E-state index contributed by atoms with van der Waals surface area (Å²) >= 11 is 0. The van der Waals surface area contributed by atoms with Gasteiger partial charge in [-0.15, -0.1) is 0 Å². The number of rotatable bonds is 7. The van der Waals surface area contributed by atoms with E-state index >= 15 is 0 Å². The molecule has 0 aromatic heterocycles. The molecule has 0 radical (unpaired) electrons. The van der Waals surface area contributed by atoms with Crippen molar-refractivity contribution in [1.29, 1.82) is 0 Å². The Morgan fingerprint density at radius 1 is 1.27 bits per heavy atom. The summed E-state index contributed by atoms with van der Waals surface area (Å²) in [5, 5.41) is 12.5. The average molecular weight is 303 g/mol. The minimum atomic E-state index is 0.0545. The Labute approximate surface area is 133 Å². The number of guanidine groups is 1. The van der Waals surface area contributed by atoms with Crippen molar-refractivity contribution in [2.45, 2.75) is 52.4 Å². The molecule has 0 heterocycles. The van der Waals surface area contributed by atoms with Gasteiger partial charge in [-0.3, -0.25) is 4.99 Å². The van der Waals surface area contributed by atoms with Crippen molar-refractivity contribution in [2.24, 2.45) is 16.1 Å². The minimum absolute atomic E-state index is 0.0545. The molecule has 4 N–H and O–H groups in total. The molecule has 0 atom stereocenters. The van der Waals surface area contributed by atoms with Gasteiger partial charge >= 0.3 is 0 Å². The van der Waals surface area contributed by atoms with E-state index in [-0.39, 0.29) is 12.0 Å². The molecule has 0 spiro atoms. The molecule has 0 fully saturated rings. The highest BCUT2D eigenvalue weighted by Gasteiger charge is 2.25. The van der Waals surface area contributed by atoms with Gasteiger partial charge in [0.2, 0.25) is 0 Å². The summed E-state index contributed by atoms with van der Waals surface area (Å²) in [6.07, 6.45) is 6.37. The van der Waals surface area contributed by atoms with Crippen molar-refractivity contribution in [3.63, 3.8) is 0 Å². The summed E-state index contributed by atoms with van der Waals surface area (Å²) in [4.78, 5) is 4.52. The van der Waals surface area contributed by atoms with E-state index in [1.54, 1.807) is 0 Å². The summed E-state index contributed by atoms with van der Waals surface area (Å²) in [5.41, 5.74) is 9.99. The van der Waals surface area contributed by atoms with Gasteiger partial charge in [0.25, 0.3) is 0 Å². The van der Waals surface area contributed by atoms with Crippen LogP contribution in [0.15, 0.2) is 23.2 Å². The number of aliphatic imine (C=N–C) groups is 1. The van der Waals surface area contributed by atoms with Crippen molar-refractivity contribution in [3.8, 4) is 0 Å². The highest BCUT2D eigenvalue weighted by atomic mass is 16.3. The zero-order valence-electron chi connectivity index (χ0n) is 13.9. The Hall–Kier alpha value is -1.55. The second-order valence-corrected chi connectivity index (χ2v) is 6.34. The predicted molar refractivity (Wildman–Crippen MR) is 93.3 cm³/mol. The van der Waals surface area contributed by atoms with E-state index in [0.717, 1.165) is 31.4 Å². The molecular weight excluding hydrogens is 274 g/mol. The van der Waals surface area contributed by atoms with Gasteiger partial charge in [0.15, 0.2) is 5.96 Å². The highest BCUT2D eigenvalue weighted by Crippen LogP contribution is 2.30. The third-order valence-corrected chi connectivity index (χ3v) is 5.10. The smallest absolute Gasteiger partial charge is 0.193 e. The molecule has 0 saturated heterocycles. The largest absolute Gasteiger partial charge is 0.396 e. The fraction of sp³-hybridized carbons (Fsp3) is 0.611. The maximum absolute atomic E-state index is 9.26. The molecule has 1 aromatic rings. The number of nitrogens with one attached hydrogen (secondary N) is 1. The van der Waals surface area contributed by atoms with Crippen molar-refractivity contribution in [3.05, 3.63) is 29.3 Å². The van der Waals surface area contributed by atoms with E-state index in [0.29, 0.717) is 12.5 Å². The number of aliphatic hydroxyl groups excluding tert-OH is 1. The van der Waals surface area contributed by atoms with E-state index in [9.17, 15) is 5.11 Å². The number of fused-ring (bicyclic) bond motifs is 1. The molecule has 22 heavy (non-hydrogen) atoms. The van der Waals surface area contributed by atoms with Crippen LogP contribution in [0, 0.1) is 5.41 Å². The molecule has 4 heteroatoms. The van der Waals surface area contributed by atoms with Crippen LogP contribution in [0.3, 0.4) is 0 Å². The lowest BCUT2D eigenvalue weighted by molar-refractivity contribution is 0.175. The average Bonchev–Trinajstić information content (AvgIpc) is 2.99. The normalized spacial score (nSPS) is 15.0. The SMILES string of the molecule is CCC(CC)(CCO)CN=C(N)Nc1ccc2c(c1)CCC2. The number of hydrogen-bond donors (Lipinski definition) is 3. The zero-order chi connectivity index (χ0) is 16.0. The fourth-order valence-corrected chi connectivity index (χ4v) is 3.23. The maximum atomic E-state index is 9.26. The first-order chi connectivity index (χ1) is 10.6. The monoisotopic (exact) mass is 303 g/mol. The molecule has 0 aliphatic heterocycles. The second kappa shape index (κ2) is 7.63. The van der Waals surface area contributed by atoms with Gasteiger partial charge in [0.1, 0.15) is 0 Å². The number of anilines is 1. The van der Waals surface area contributed by atoms with Crippen LogP contribution in [0.2, 0.25) is 0 Å². The number of benzene rings is 1. The quantitative estimate of drug-likeness (QED) is 0.535. The summed E-state index contributed by atoms with van der Waals surface area (Å²) in [6.45, 7) is 5.16. The van der Waals surface area contributed by atoms with Crippen LogP contribution in [0.25, 0.3) is 0 Å². The predicted octanol–water partition coefficient (Wildman–Crippen LogP) is 3.09. The van der Waals surface area contributed by atoms with E-state index in [1.807, 2.05) is 0 Å². The summed E-state index contributed by atoms with van der Waals surface area (Å²) in [7, 11) is 0. The molecule has 0 unspecified atom stereocenters.